The summed E-state index contributed by atoms with van der Waals surface area (Å²) in [4.78, 5) is 2.37. The third-order valence-electron chi connectivity index (χ3n) is 4.69. The van der Waals surface area contributed by atoms with Crippen molar-refractivity contribution in [1.82, 2.24) is 20.9 Å². The zero-order valence-electron chi connectivity index (χ0n) is 15.7. The van der Waals surface area contributed by atoms with Crippen molar-refractivity contribution in [3.63, 3.8) is 0 Å². The molecule has 0 aromatic rings. The Hall–Kier alpha value is -1.22. The van der Waals surface area contributed by atoms with Crippen LogP contribution in [0.4, 0.5) is 0 Å². The molecule has 0 aliphatic carbocycles. The van der Waals surface area contributed by atoms with Gasteiger partial charge in [-0.2, -0.15) is 0 Å². The van der Waals surface area contributed by atoms with Gasteiger partial charge in [-0.05, 0) is 34.7 Å². The normalized spacial score (nSPS) is 26.9. The third kappa shape index (κ3) is 6.01. The molecule has 1 rings (SSSR count). The van der Waals surface area contributed by atoms with Gasteiger partial charge < -0.3 is 26.4 Å². The molecule has 1 saturated heterocycles. The summed E-state index contributed by atoms with van der Waals surface area (Å²) in [5.41, 5.74) is 0.114. The molecule has 5 N–H and O–H groups in total. The van der Waals surface area contributed by atoms with Crippen molar-refractivity contribution >= 4 is 11.4 Å². The first-order valence-electron chi connectivity index (χ1n) is 8.56. The fourth-order valence-corrected chi connectivity index (χ4v) is 2.78. The largest absolute Gasteiger partial charge is 0.411 e. The standard InChI is InChI=1S/C16H34N6O2/c1-15(2)13(20-23)12-14(21-24)16(3,4)19-8-11-22(9-6-17-5)10-7-18-15/h17-19,23-24H,6-12H2,1-5H3/b20-13-,21-14-. The fourth-order valence-electron chi connectivity index (χ4n) is 2.78. The predicted octanol–water partition coefficient (Wildman–Crippen LogP) is 0.308. The highest BCUT2D eigenvalue weighted by Gasteiger charge is 2.33. The minimum Gasteiger partial charge on any atom is -0.411 e. The van der Waals surface area contributed by atoms with E-state index in [-0.39, 0.29) is 0 Å². The number of nitrogens with one attached hydrogen (secondary N) is 3. The van der Waals surface area contributed by atoms with E-state index in [1.54, 1.807) is 0 Å². The van der Waals surface area contributed by atoms with Gasteiger partial charge in [-0.25, -0.2) is 0 Å². The molecular formula is C16H34N6O2. The number of oxime groups is 2. The van der Waals surface area contributed by atoms with Crippen LogP contribution in [0.5, 0.6) is 0 Å². The molecule has 8 heteroatoms. The average Bonchev–Trinajstić information content (AvgIpc) is 2.51. The molecule has 0 radical (unpaired) electrons. The van der Waals surface area contributed by atoms with Crippen LogP contribution in [-0.4, -0.2) is 84.1 Å². The number of nitrogens with zero attached hydrogens (tertiary/aromatic N) is 3. The lowest BCUT2D eigenvalue weighted by Gasteiger charge is -2.34. The zero-order valence-corrected chi connectivity index (χ0v) is 15.7. The van der Waals surface area contributed by atoms with Crippen molar-refractivity contribution in [2.75, 3.05) is 46.3 Å². The lowest BCUT2D eigenvalue weighted by molar-refractivity contribution is 0.256. The number of likely N-dealkylation sites (N-methyl/N-ethyl adjacent to an activating group) is 1. The van der Waals surface area contributed by atoms with Gasteiger partial charge in [-0.1, -0.05) is 10.3 Å². The van der Waals surface area contributed by atoms with E-state index in [2.05, 4.69) is 31.2 Å². The Morgan fingerprint density at radius 2 is 1.46 bits per heavy atom. The molecule has 0 atom stereocenters. The van der Waals surface area contributed by atoms with Gasteiger partial charge in [0.25, 0.3) is 0 Å². The highest BCUT2D eigenvalue weighted by Crippen LogP contribution is 2.16. The zero-order chi connectivity index (χ0) is 18.2. The lowest BCUT2D eigenvalue weighted by Crippen LogP contribution is -2.55. The Morgan fingerprint density at radius 3 is 1.83 bits per heavy atom. The van der Waals surface area contributed by atoms with Crippen molar-refractivity contribution in [3.8, 4) is 0 Å². The molecule has 0 unspecified atom stereocenters. The van der Waals surface area contributed by atoms with Gasteiger partial charge in [0.1, 0.15) is 0 Å². The van der Waals surface area contributed by atoms with Crippen LogP contribution in [0.2, 0.25) is 0 Å². The van der Waals surface area contributed by atoms with Crippen molar-refractivity contribution in [2.24, 2.45) is 10.3 Å². The molecule has 0 bridgehead atoms. The second-order valence-corrected chi connectivity index (χ2v) is 7.32. The molecule has 1 fully saturated rings. The van der Waals surface area contributed by atoms with E-state index in [0.29, 0.717) is 17.8 Å². The van der Waals surface area contributed by atoms with E-state index in [4.69, 9.17) is 0 Å². The van der Waals surface area contributed by atoms with Gasteiger partial charge >= 0.3 is 0 Å². The maximum atomic E-state index is 9.46. The average molecular weight is 342 g/mol. The van der Waals surface area contributed by atoms with Crippen LogP contribution in [0, 0.1) is 0 Å². The molecule has 0 amide bonds. The highest BCUT2D eigenvalue weighted by molar-refractivity contribution is 6.11. The maximum Gasteiger partial charge on any atom is 0.0823 e. The molecule has 8 nitrogen and oxygen atoms in total. The predicted molar refractivity (Wildman–Crippen MR) is 97.6 cm³/mol. The van der Waals surface area contributed by atoms with Gasteiger partial charge in [-0.3, -0.25) is 4.90 Å². The topological polar surface area (TPSA) is 105 Å². The maximum absolute atomic E-state index is 9.46. The monoisotopic (exact) mass is 342 g/mol. The van der Waals surface area contributed by atoms with Crippen molar-refractivity contribution in [3.05, 3.63) is 0 Å². The summed E-state index contributed by atoms with van der Waals surface area (Å²) >= 11 is 0. The van der Waals surface area contributed by atoms with Crippen molar-refractivity contribution in [2.45, 2.75) is 45.2 Å². The summed E-state index contributed by atoms with van der Waals surface area (Å²) in [6.07, 6.45) is 0.302. The van der Waals surface area contributed by atoms with Crippen LogP contribution in [0.1, 0.15) is 34.1 Å². The molecule has 0 spiro atoms. The molecule has 1 aliphatic rings. The van der Waals surface area contributed by atoms with Crippen LogP contribution >= 0.6 is 0 Å². The first-order chi connectivity index (χ1) is 11.3. The van der Waals surface area contributed by atoms with E-state index in [1.165, 1.54) is 0 Å². The molecule has 0 saturated carbocycles. The second kappa shape index (κ2) is 9.31. The van der Waals surface area contributed by atoms with Crippen molar-refractivity contribution < 1.29 is 10.4 Å². The van der Waals surface area contributed by atoms with E-state index >= 15 is 0 Å². The van der Waals surface area contributed by atoms with Crippen LogP contribution in [-0.2, 0) is 0 Å². The quantitative estimate of drug-likeness (QED) is 0.373. The summed E-state index contributed by atoms with van der Waals surface area (Å²) in [5, 5.41) is 35.9. The minimum absolute atomic E-state index is 0.302. The molecule has 1 heterocycles. The van der Waals surface area contributed by atoms with Gasteiger partial charge in [-0.15, -0.1) is 0 Å². The first-order valence-corrected chi connectivity index (χ1v) is 8.56. The Bertz CT molecular complexity index is 412. The number of rotatable bonds is 3. The Balaban J connectivity index is 2.98. The van der Waals surface area contributed by atoms with E-state index in [9.17, 15) is 10.4 Å². The van der Waals surface area contributed by atoms with Gasteiger partial charge in [0.05, 0.1) is 22.5 Å². The summed E-state index contributed by atoms with van der Waals surface area (Å²) in [7, 11) is 1.95. The molecule has 0 aromatic carbocycles. The van der Waals surface area contributed by atoms with E-state index in [0.717, 1.165) is 39.3 Å². The third-order valence-corrected chi connectivity index (χ3v) is 4.69. The Labute approximate surface area is 145 Å². The molecule has 0 aromatic heterocycles. The van der Waals surface area contributed by atoms with Gasteiger partial charge in [0.15, 0.2) is 0 Å². The number of hydrogen-bond donors (Lipinski definition) is 5. The SMILES string of the molecule is CNCCN1CCNC(C)(C)/C(=N\O)C/C(=N/O)C(C)(C)NCC1. The minimum atomic E-state index is -0.491. The van der Waals surface area contributed by atoms with Crippen LogP contribution in [0.25, 0.3) is 0 Å². The van der Waals surface area contributed by atoms with Gasteiger partial charge in [0, 0.05) is 45.7 Å². The van der Waals surface area contributed by atoms with E-state index < -0.39 is 11.1 Å². The lowest BCUT2D eigenvalue weighted by atomic mass is 9.87. The van der Waals surface area contributed by atoms with Crippen LogP contribution in [0.3, 0.4) is 0 Å². The van der Waals surface area contributed by atoms with Crippen LogP contribution < -0.4 is 16.0 Å². The molecule has 24 heavy (non-hydrogen) atoms. The molecule has 140 valence electrons. The summed E-state index contributed by atoms with van der Waals surface area (Å²) in [6.45, 7) is 13.2. The second-order valence-electron chi connectivity index (χ2n) is 7.32. The van der Waals surface area contributed by atoms with Crippen molar-refractivity contribution in [1.29, 1.82) is 0 Å². The molecule has 1 aliphatic heterocycles. The molecular weight excluding hydrogens is 308 g/mol. The Kier molecular flexibility index (Phi) is 8.08. The smallest absolute Gasteiger partial charge is 0.0823 e. The summed E-state index contributed by atoms with van der Waals surface area (Å²) < 4.78 is 0. The fraction of sp³-hybridized carbons (Fsp3) is 0.875. The summed E-state index contributed by atoms with van der Waals surface area (Å²) in [6, 6.07) is 0. The Morgan fingerprint density at radius 1 is 1.00 bits per heavy atom. The first kappa shape index (κ1) is 20.8. The highest BCUT2D eigenvalue weighted by atomic mass is 16.4. The van der Waals surface area contributed by atoms with E-state index in [1.807, 2.05) is 34.7 Å². The number of hydrogen-bond acceptors (Lipinski definition) is 8. The summed E-state index contributed by atoms with van der Waals surface area (Å²) in [5.74, 6) is 0. The van der Waals surface area contributed by atoms with Crippen LogP contribution in [0.15, 0.2) is 10.3 Å². The van der Waals surface area contributed by atoms with Gasteiger partial charge in [0.2, 0.25) is 0 Å².